The van der Waals surface area contributed by atoms with Gasteiger partial charge in [-0.1, -0.05) is 0 Å². The van der Waals surface area contributed by atoms with Crippen LogP contribution >= 0.6 is 11.6 Å². The number of carbonyl (C=O) groups is 2. The van der Waals surface area contributed by atoms with Crippen LogP contribution in [0.2, 0.25) is 0 Å². The lowest BCUT2D eigenvalue weighted by atomic mass is 10.9. The molecular formula is C4H7ClO5. The lowest BCUT2D eigenvalue weighted by Crippen LogP contribution is -1.89. The van der Waals surface area contributed by atoms with Gasteiger partial charge in [0.05, 0.1) is 6.61 Å². The average molecular weight is 171 g/mol. The Bertz CT molecular complexity index is 108. The second kappa shape index (κ2) is 8.03. The first kappa shape index (κ1) is 11.8. The summed E-state index contributed by atoms with van der Waals surface area (Å²) < 4.78 is 4.17. The second-order valence-electron chi connectivity index (χ2n) is 0.953. The van der Waals surface area contributed by atoms with E-state index < -0.39 is 11.6 Å². The van der Waals surface area contributed by atoms with E-state index in [2.05, 4.69) is 4.74 Å². The molecule has 0 unspecified atom stereocenters. The topological polar surface area (TPSA) is 83.8 Å². The van der Waals surface area contributed by atoms with Gasteiger partial charge in [0.15, 0.2) is 0 Å². The zero-order valence-corrected chi connectivity index (χ0v) is 5.96. The van der Waals surface area contributed by atoms with Crippen molar-refractivity contribution < 1.29 is 24.5 Å². The summed E-state index contributed by atoms with van der Waals surface area (Å²) >= 11 is 4.72. The van der Waals surface area contributed by atoms with Gasteiger partial charge in [0.1, 0.15) is 0 Å². The Morgan fingerprint density at radius 2 is 1.80 bits per heavy atom. The first-order valence-corrected chi connectivity index (χ1v) is 2.62. The quantitative estimate of drug-likeness (QED) is 0.584. The Morgan fingerprint density at radius 3 is 1.80 bits per heavy atom. The highest BCUT2D eigenvalue weighted by molar-refractivity contribution is 6.61. The highest BCUT2D eigenvalue weighted by atomic mass is 35.5. The van der Waals surface area contributed by atoms with Crippen LogP contribution in [0.25, 0.3) is 0 Å². The minimum Gasteiger partial charge on any atom is -0.454 e. The van der Waals surface area contributed by atoms with Gasteiger partial charge >= 0.3 is 11.6 Å². The van der Waals surface area contributed by atoms with Crippen molar-refractivity contribution in [2.24, 2.45) is 0 Å². The maximum atomic E-state index is 9.59. The lowest BCUT2D eigenvalue weighted by molar-refractivity contribution is 0.137. The minimum absolute atomic E-state index is 0.350. The number of rotatable bonds is 1. The molecule has 0 aliphatic carbocycles. The van der Waals surface area contributed by atoms with Crippen LogP contribution < -0.4 is 0 Å². The predicted octanol–water partition coefficient (Wildman–Crippen LogP) is 1.60. The van der Waals surface area contributed by atoms with Crippen LogP contribution in [-0.4, -0.2) is 28.4 Å². The van der Waals surface area contributed by atoms with E-state index in [-0.39, 0.29) is 0 Å². The summed E-state index contributed by atoms with van der Waals surface area (Å²) in [5.41, 5.74) is -0.738. The molecule has 0 rings (SSSR count). The van der Waals surface area contributed by atoms with Crippen molar-refractivity contribution in [3.05, 3.63) is 0 Å². The Morgan fingerprint density at radius 1 is 1.50 bits per heavy atom. The lowest BCUT2D eigenvalue weighted by Gasteiger charge is -1.86. The molecule has 0 aromatic carbocycles. The SMILES string of the molecule is CCOC(=O)Cl.O=C(O)O. The predicted molar refractivity (Wildman–Crippen MR) is 33.5 cm³/mol. The van der Waals surface area contributed by atoms with Crippen LogP contribution in [0.5, 0.6) is 0 Å². The van der Waals surface area contributed by atoms with Crippen LogP contribution in [0, 0.1) is 0 Å². The van der Waals surface area contributed by atoms with Crippen molar-refractivity contribution in [3.8, 4) is 0 Å². The molecule has 0 amide bonds. The Hall–Kier alpha value is -0.970. The summed E-state index contributed by atoms with van der Waals surface area (Å²) in [6, 6.07) is 0. The molecule has 0 saturated heterocycles. The molecule has 0 aromatic heterocycles. The standard InChI is InChI=1S/C3H5ClO2.CH2O3/c1-2-6-3(4)5;2-1(3)4/h2H2,1H3;(H2,2,3,4). The molecule has 60 valence electrons. The molecule has 6 heteroatoms. The zero-order chi connectivity index (χ0) is 8.57. The molecule has 0 heterocycles. The molecule has 0 bridgehead atoms. The van der Waals surface area contributed by atoms with Gasteiger partial charge in [0.25, 0.3) is 0 Å². The van der Waals surface area contributed by atoms with Gasteiger partial charge in [-0.25, -0.2) is 9.59 Å². The molecule has 0 radical (unpaired) electrons. The summed E-state index contributed by atoms with van der Waals surface area (Å²) in [6.45, 7) is 2.04. The molecular weight excluding hydrogens is 163 g/mol. The largest absolute Gasteiger partial charge is 0.503 e. The third kappa shape index (κ3) is 62.0. The summed E-state index contributed by atoms with van der Waals surface area (Å²) in [7, 11) is 0. The number of hydrogen-bond donors (Lipinski definition) is 2. The molecule has 0 fully saturated rings. The molecule has 0 aliphatic heterocycles. The van der Waals surface area contributed by atoms with Gasteiger partial charge in [-0.15, -0.1) is 0 Å². The Kier molecular flexibility index (Phi) is 9.46. The molecule has 5 nitrogen and oxygen atoms in total. The molecule has 0 aromatic rings. The molecule has 10 heavy (non-hydrogen) atoms. The molecule has 2 N–H and O–H groups in total. The van der Waals surface area contributed by atoms with E-state index >= 15 is 0 Å². The number of carbonyl (C=O) groups excluding carboxylic acids is 1. The summed E-state index contributed by atoms with van der Waals surface area (Å²) in [4.78, 5) is 18.1. The number of halogens is 1. The van der Waals surface area contributed by atoms with Gasteiger partial charge in [0, 0.05) is 11.6 Å². The molecule has 0 aliphatic rings. The van der Waals surface area contributed by atoms with Crippen LogP contribution in [0.15, 0.2) is 0 Å². The van der Waals surface area contributed by atoms with Gasteiger partial charge in [-0.2, -0.15) is 0 Å². The summed E-state index contributed by atoms with van der Waals surface area (Å²) in [5, 5.41) is 13.9. The molecule has 0 spiro atoms. The van der Waals surface area contributed by atoms with Crippen molar-refractivity contribution in [1.82, 2.24) is 0 Å². The highest BCUT2D eigenvalue weighted by Crippen LogP contribution is 1.82. The van der Waals surface area contributed by atoms with E-state index in [4.69, 9.17) is 26.6 Å². The number of ether oxygens (including phenoxy) is 1. The molecule has 0 atom stereocenters. The minimum atomic E-state index is -1.83. The van der Waals surface area contributed by atoms with E-state index in [1.54, 1.807) is 6.92 Å². The maximum Gasteiger partial charge on any atom is 0.503 e. The van der Waals surface area contributed by atoms with Gasteiger partial charge in [-0.3, -0.25) is 0 Å². The van der Waals surface area contributed by atoms with E-state index in [0.29, 0.717) is 6.61 Å². The van der Waals surface area contributed by atoms with Crippen LogP contribution in [0.3, 0.4) is 0 Å². The summed E-state index contributed by atoms with van der Waals surface area (Å²) in [6.07, 6.45) is -1.83. The van der Waals surface area contributed by atoms with Gasteiger partial charge < -0.3 is 14.9 Å². The number of hydrogen-bond acceptors (Lipinski definition) is 3. The van der Waals surface area contributed by atoms with Crippen molar-refractivity contribution in [1.29, 1.82) is 0 Å². The highest BCUT2D eigenvalue weighted by Gasteiger charge is 1.86. The van der Waals surface area contributed by atoms with Crippen molar-refractivity contribution in [2.75, 3.05) is 6.61 Å². The van der Waals surface area contributed by atoms with Gasteiger partial charge in [-0.05, 0) is 6.92 Å². The third-order valence-corrected chi connectivity index (χ3v) is 0.367. The fourth-order valence-corrected chi connectivity index (χ4v) is 0.223. The Labute approximate surface area is 62.2 Å². The smallest absolute Gasteiger partial charge is 0.454 e. The Balaban J connectivity index is 0. The fraction of sp³-hybridized carbons (Fsp3) is 0.500. The monoisotopic (exact) mass is 170 g/mol. The van der Waals surface area contributed by atoms with E-state index in [9.17, 15) is 4.79 Å². The number of carboxylic acid groups (broad SMARTS) is 2. The van der Waals surface area contributed by atoms with Crippen molar-refractivity contribution in [3.63, 3.8) is 0 Å². The van der Waals surface area contributed by atoms with E-state index in [1.807, 2.05) is 0 Å². The van der Waals surface area contributed by atoms with Crippen molar-refractivity contribution in [2.45, 2.75) is 6.92 Å². The second-order valence-corrected chi connectivity index (χ2v) is 1.26. The normalized spacial score (nSPS) is 7.00. The average Bonchev–Trinajstić information content (AvgIpc) is 1.62. The van der Waals surface area contributed by atoms with Gasteiger partial charge in [0.2, 0.25) is 0 Å². The third-order valence-electron chi connectivity index (χ3n) is 0.258. The first-order chi connectivity index (χ1) is 4.50. The van der Waals surface area contributed by atoms with Crippen LogP contribution in [0.1, 0.15) is 6.92 Å². The first-order valence-electron chi connectivity index (χ1n) is 2.24. The fourth-order valence-electron chi connectivity index (χ4n) is 0.113. The van der Waals surface area contributed by atoms with Crippen molar-refractivity contribution >= 4 is 23.2 Å². The van der Waals surface area contributed by atoms with E-state index in [1.165, 1.54) is 0 Å². The van der Waals surface area contributed by atoms with Crippen LogP contribution in [0.4, 0.5) is 9.59 Å². The zero-order valence-electron chi connectivity index (χ0n) is 5.20. The van der Waals surface area contributed by atoms with Crippen LogP contribution in [-0.2, 0) is 4.74 Å². The maximum absolute atomic E-state index is 9.59. The van der Waals surface area contributed by atoms with E-state index in [0.717, 1.165) is 0 Å². The summed E-state index contributed by atoms with van der Waals surface area (Å²) in [5.74, 6) is 0. The molecule has 0 saturated carbocycles.